The molecule has 1 aromatic carbocycles. The number of carbonyl (C=O) groups excluding carboxylic acids is 2. The van der Waals surface area contributed by atoms with Gasteiger partial charge in [-0.25, -0.2) is 4.79 Å². The molecule has 0 aliphatic carbocycles. The van der Waals surface area contributed by atoms with Crippen LogP contribution in [0.4, 0.5) is 4.79 Å². The van der Waals surface area contributed by atoms with Gasteiger partial charge in [0.15, 0.2) is 0 Å². The Balaban J connectivity index is 1.75. The average Bonchev–Trinajstić information content (AvgIpc) is 2.58. The number of benzene rings is 1. The molecule has 25 heavy (non-hydrogen) atoms. The number of nitrogens with one attached hydrogen (secondary N) is 1. The summed E-state index contributed by atoms with van der Waals surface area (Å²) in [5.74, 6) is 0.347. The highest BCUT2D eigenvalue weighted by Crippen LogP contribution is 2.20. The van der Waals surface area contributed by atoms with Gasteiger partial charge in [0.05, 0.1) is 0 Å². The Morgan fingerprint density at radius 3 is 2.36 bits per heavy atom. The van der Waals surface area contributed by atoms with Crippen molar-refractivity contribution in [3.05, 3.63) is 35.9 Å². The van der Waals surface area contributed by atoms with Gasteiger partial charge >= 0.3 is 6.09 Å². The summed E-state index contributed by atoms with van der Waals surface area (Å²) in [4.78, 5) is 26.2. The van der Waals surface area contributed by atoms with Crippen LogP contribution in [0.25, 0.3) is 0 Å². The first-order chi connectivity index (χ1) is 11.8. The van der Waals surface area contributed by atoms with Crippen LogP contribution in [0.2, 0.25) is 0 Å². The van der Waals surface area contributed by atoms with Crippen molar-refractivity contribution in [2.24, 2.45) is 5.92 Å². The van der Waals surface area contributed by atoms with Gasteiger partial charge in [0, 0.05) is 25.6 Å². The predicted molar refractivity (Wildman–Crippen MR) is 98.4 cm³/mol. The average molecular weight is 346 g/mol. The van der Waals surface area contributed by atoms with E-state index in [0.717, 1.165) is 0 Å². The summed E-state index contributed by atoms with van der Waals surface area (Å²) in [5, 5.41) is 3.06. The number of nitrogens with zero attached hydrogens (tertiary/aromatic N) is 1. The lowest BCUT2D eigenvalue weighted by molar-refractivity contribution is -0.126. The fraction of sp³-hybridized carbons (Fsp3) is 0.600. The standard InChI is InChI=1S/C20H30N2O3/c1-15(16-8-6-5-7-9-16)14-21-18(23)17-10-12-22(13-11-17)19(24)25-20(2,3)4/h5-9,15,17H,10-14H2,1-4H3,(H,21,23). The fourth-order valence-corrected chi connectivity index (χ4v) is 2.95. The van der Waals surface area contributed by atoms with E-state index in [1.807, 2.05) is 39.0 Å². The largest absolute Gasteiger partial charge is 0.444 e. The molecule has 138 valence electrons. The summed E-state index contributed by atoms with van der Waals surface area (Å²) in [7, 11) is 0. The van der Waals surface area contributed by atoms with Crippen LogP contribution in [0.5, 0.6) is 0 Å². The summed E-state index contributed by atoms with van der Waals surface area (Å²) in [6.45, 7) is 9.47. The Hall–Kier alpha value is -2.04. The predicted octanol–water partition coefficient (Wildman–Crippen LogP) is 3.55. The van der Waals surface area contributed by atoms with Crippen molar-refractivity contribution in [2.45, 2.75) is 52.1 Å². The third-order valence-electron chi connectivity index (χ3n) is 4.47. The van der Waals surface area contributed by atoms with Crippen molar-refractivity contribution >= 4 is 12.0 Å². The molecule has 1 fully saturated rings. The van der Waals surface area contributed by atoms with Crippen LogP contribution >= 0.6 is 0 Å². The number of carbonyl (C=O) groups is 2. The number of hydrogen-bond acceptors (Lipinski definition) is 3. The molecule has 0 bridgehead atoms. The molecule has 2 rings (SSSR count). The van der Waals surface area contributed by atoms with Gasteiger partial charge in [-0.3, -0.25) is 4.79 Å². The van der Waals surface area contributed by atoms with E-state index < -0.39 is 5.60 Å². The molecule has 0 aromatic heterocycles. The van der Waals surface area contributed by atoms with Crippen molar-refractivity contribution in [3.63, 3.8) is 0 Å². The Morgan fingerprint density at radius 1 is 1.20 bits per heavy atom. The van der Waals surface area contributed by atoms with Crippen molar-refractivity contribution < 1.29 is 14.3 Å². The highest BCUT2D eigenvalue weighted by atomic mass is 16.6. The molecule has 1 heterocycles. The van der Waals surface area contributed by atoms with Crippen LogP contribution in [-0.4, -0.2) is 42.1 Å². The number of piperidine rings is 1. The van der Waals surface area contributed by atoms with Crippen LogP contribution in [0, 0.1) is 5.92 Å². The lowest BCUT2D eigenvalue weighted by Gasteiger charge is -2.33. The maximum Gasteiger partial charge on any atom is 0.410 e. The Labute approximate surface area is 150 Å². The number of amides is 2. The third-order valence-corrected chi connectivity index (χ3v) is 4.47. The van der Waals surface area contributed by atoms with Crippen molar-refractivity contribution in [2.75, 3.05) is 19.6 Å². The van der Waals surface area contributed by atoms with Gasteiger partial charge in [-0.2, -0.15) is 0 Å². The monoisotopic (exact) mass is 346 g/mol. The minimum absolute atomic E-state index is 0.0262. The number of ether oxygens (including phenoxy) is 1. The number of rotatable bonds is 4. The first kappa shape index (κ1) is 19.3. The van der Waals surface area contributed by atoms with E-state index in [4.69, 9.17) is 4.74 Å². The van der Waals surface area contributed by atoms with Gasteiger partial charge < -0.3 is 15.0 Å². The smallest absolute Gasteiger partial charge is 0.410 e. The third kappa shape index (κ3) is 6.07. The molecule has 5 heteroatoms. The van der Waals surface area contributed by atoms with Gasteiger partial charge in [-0.05, 0) is 45.1 Å². The maximum absolute atomic E-state index is 12.4. The van der Waals surface area contributed by atoms with E-state index in [9.17, 15) is 9.59 Å². The lowest BCUT2D eigenvalue weighted by atomic mass is 9.95. The van der Waals surface area contributed by atoms with Gasteiger partial charge in [0.25, 0.3) is 0 Å². The summed E-state index contributed by atoms with van der Waals surface area (Å²) in [6.07, 6.45) is 1.08. The minimum atomic E-state index is -0.487. The molecule has 0 radical (unpaired) electrons. The second-order valence-corrected chi connectivity index (χ2v) is 7.80. The SMILES string of the molecule is CC(CNC(=O)C1CCN(C(=O)OC(C)(C)C)CC1)c1ccccc1. The van der Waals surface area contributed by atoms with Gasteiger partial charge in [0.1, 0.15) is 5.60 Å². The molecular weight excluding hydrogens is 316 g/mol. The zero-order valence-corrected chi connectivity index (χ0v) is 15.7. The molecule has 2 amide bonds. The molecule has 1 aliphatic heterocycles. The molecule has 5 nitrogen and oxygen atoms in total. The van der Waals surface area contributed by atoms with Gasteiger partial charge in [-0.1, -0.05) is 37.3 Å². The maximum atomic E-state index is 12.4. The normalized spacial score (nSPS) is 17.0. The zero-order valence-electron chi connectivity index (χ0n) is 15.7. The van der Waals surface area contributed by atoms with Crippen molar-refractivity contribution in [3.8, 4) is 0 Å². The Bertz CT molecular complexity index is 572. The molecule has 1 N–H and O–H groups in total. The lowest BCUT2D eigenvalue weighted by Crippen LogP contribution is -2.45. The van der Waals surface area contributed by atoms with E-state index in [1.54, 1.807) is 4.90 Å². The Morgan fingerprint density at radius 2 is 1.80 bits per heavy atom. The van der Waals surface area contributed by atoms with Gasteiger partial charge in [0.2, 0.25) is 5.91 Å². The first-order valence-electron chi connectivity index (χ1n) is 9.07. The summed E-state index contributed by atoms with van der Waals surface area (Å²) < 4.78 is 5.39. The van der Waals surface area contributed by atoms with Crippen LogP contribution in [-0.2, 0) is 9.53 Å². The van der Waals surface area contributed by atoms with Crippen molar-refractivity contribution in [1.29, 1.82) is 0 Å². The quantitative estimate of drug-likeness (QED) is 0.907. The van der Waals surface area contributed by atoms with Crippen LogP contribution in [0.15, 0.2) is 30.3 Å². The minimum Gasteiger partial charge on any atom is -0.444 e. The fourth-order valence-electron chi connectivity index (χ4n) is 2.95. The molecule has 0 saturated carbocycles. The topological polar surface area (TPSA) is 58.6 Å². The van der Waals surface area contributed by atoms with Crippen LogP contribution < -0.4 is 5.32 Å². The van der Waals surface area contributed by atoms with E-state index in [1.165, 1.54) is 5.56 Å². The summed E-state index contributed by atoms with van der Waals surface area (Å²) in [6, 6.07) is 10.2. The van der Waals surface area contributed by atoms with Crippen LogP contribution in [0.3, 0.4) is 0 Å². The summed E-state index contributed by atoms with van der Waals surface area (Å²) in [5.41, 5.74) is 0.737. The molecule has 1 unspecified atom stereocenters. The molecule has 1 atom stereocenters. The van der Waals surface area contributed by atoms with Gasteiger partial charge in [-0.15, -0.1) is 0 Å². The molecule has 1 aliphatic rings. The van der Waals surface area contributed by atoms with Crippen LogP contribution in [0.1, 0.15) is 52.0 Å². The Kier molecular flexibility index (Phi) is 6.45. The van der Waals surface area contributed by atoms with E-state index in [2.05, 4.69) is 24.4 Å². The summed E-state index contributed by atoms with van der Waals surface area (Å²) >= 11 is 0. The second-order valence-electron chi connectivity index (χ2n) is 7.80. The van der Waals surface area contributed by atoms with E-state index in [0.29, 0.717) is 32.5 Å². The zero-order chi connectivity index (χ0) is 18.4. The molecule has 1 saturated heterocycles. The highest BCUT2D eigenvalue weighted by Gasteiger charge is 2.29. The highest BCUT2D eigenvalue weighted by molar-refractivity contribution is 5.79. The first-order valence-corrected chi connectivity index (χ1v) is 9.07. The molecule has 0 spiro atoms. The second kappa shape index (κ2) is 8.37. The van der Waals surface area contributed by atoms with E-state index >= 15 is 0 Å². The number of hydrogen-bond donors (Lipinski definition) is 1. The molecular formula is C20H30N2O3. The molecule has 1 aromatic rings. The van der Waals surface area contributed by atoms with E-state index in [-0.39, 0.29) is 23.8 Å². The number of likely N-dealkylation sites (tertiary alicyclic amines) is 1. The van der Waals surface area contributed by atoms with Crippen molar-refractivity contribution in [1.82, 2.24) is 10.2 Å².